The zero-order valence-electron chi connectivity index (χ0n) is 12.8. The number of hydrogen-bond acceptors (Lipinski definition) is 2. The second kappa shape index (κ2) is 5.20. The summed E-state index contributed by atoms with van der Waals surface area (Å²) < 4.78 is 41.1. The molecule has 0 bridgehead atoms. The van der Waals surface area contributed by atoms with Crippen LogP contribution in [-0.2, 0) is 6.54 Å². The zero-order valence-corrected chi connectivity index (χ0v) is 12.8. The van der Waals surface area contributed by atoms with Crippen LogP contribution in [-0.4, -0.2) is 12.9 Å². The third kappa shape index (κ3) is 3.34. The summed E-state index contributed by atoms with van der Waals surface area (Å²) in [7, 11) is 0. The van der Waals surface area contributed by atoms with Crippen molar-refractivity contribution in [3.05, 3.63) is 29.8 Å². The number of nitrogens with one attached hydrogen (secondary N) is 1. The Morgan fingerprint density at radius 3 is 2.19 bits per heavy atom. The highest BCUT2D eigenvalue weighted by molar-refractivity contribution is 5.33. The molecular formula is C16H22F3NO. The standard InChI is InChI=1S/C16H22F3NO/c1-14(2)13(15(14,3)4)10-20-9-11-7-5-6-8-12(11)21-16(17,18)19/h5-8,13,20H,9-10H2,1-4H3. The van der Waals surface area contributed by atoms with Crippen LogP contribution >= 0.6 is 0 Å². The lowest BCUT2D eigenvalue weighted by Crippen LogP contribution is -2.22. The van der Waals surface area contributed by atoms with E-state index in [2.05, 4.69) is 37.7 Å². The topological polar surface area (TPSA) is 21.3 Å². The lowest BCUT2D eigenvalue weighted by Gasteiger charge is -2.14. The maximum absolute atomic E-state index is 12.3. The first-order chi connectivity index (χ1) is 9.56. The van der Waals surface area contributed by atoms with Crippen molar-refractivity contribution in [1.82, 2.24) is 5.32 Å². The molecule has 0 radical (unpaired) electrons. The fraction of sp³-hybridized carbons (Fsp3) is 0.625. The van der Waals surface area contributed by atoms with Gasteiger partial charge in [0.05, 0.1) is 0 Å². The van der Waals surface area contributed by atoms with Crippen molar-refractivity contribution in [3.8, 4) is 5.75 Å². The second-order valence-electron chi connectivity index (χ2n) is 6.78. The summed E-state index contributed by atoms with van der Waals surface area (Å²) in [4.78, 5) is 0. The maximum Gasteiger partial charge on any atom is 0.573 e. The predicted molar refractivity (Wildman–Crippen MR) is 75.9 cm³/mol. The Balaban J connectivity index is 1.93. The molecule has 0 aliphatic heterocycles. The van der Waals surface area contributed by atoms with Crippen molar-refractivity contribution < 1.29 is 17.9 Å². The van der Waals surface area contributed by atoms with Gasteiger partial charge in [-0.25, -0.2) is 0 Å². The zero-order chi connectivity index (χ0) is 15.9. The summed E-state index contributed by atoms with van der Waals surface area (Å²) in [6.07, 6.45) is -4.66. The molecule has 1 aromatic rings. The molecule has 21 heavy (non-hydrogen) atoms. The van der Waals surface area contributed by atoms with E-state index >= 15 is 0 Å². The Hall–Kier alpha value is -1.23. The van der Waals surface area contributed by atoms with Crippen LogP contribution in [0.4, 0.5) is 13.2 Å². The van der Waals surface area contributed by atoms with Gasteiger partial charge in [0.1, 0.15) is 5.75 Å². The van der Waals surface area contributed by atoms with Crippen molar-refractivity contribution in [2.75, 3.05) is 6.54 Å². The minimum atomic E-state index is -4.66. The van der Waals surface area contributed by atoms with Crippen molar-refractivity contribution >= 4 is 0 Å². The van der Waals surface area contributed by atoms with Gasteiger partial charge in [-0.3, -0.25) is 0 Å². The fourth-order valence-corrected chi connectivity index (χ4v) is 3.07. The van der Waals surface area contributed by atoms with Crippen LogP contribution in [0.3, 0.4) is 0 Å². The Morgan fingerprint density at radius 1 is 1.10 bits per heavy atom. The summed E-state index contributed by atoms with van der Waals surface area (Å²) in [5.74, 6) is 0.396. The Morgan fingerprint density at radius 2 is 1.67 bits per heavy atom. The molecule has 0 unspecified atom stereocenters. The van der Waals surface area contributed by atoms with Gasteiger partial charge < -0.3 is 10.1 Å². The Kier molecular flexibility index (Phi) is 4.00. The van der Waals surface area contributed by atoms with Gasteiger partial charge in [0.15, 0.2) is 0 Å². The predicted octanol–water partition coefficient (Wildman–Crippen LogP) is 4.36. The van der Waals surface area contributed by atoms with E-state index in [0.29, 0.717) is 18.0 Å². The third-order valence-corrected chi connectivity index (χ3v) is 5.18. The molecule has 118 valence electrons. The number of halogens is 3. The van der Waals surface area contributed by atoms with Gasteiger partial charge in [-0.15, -0.1) is 13.2 Å². The largest absolute Gasteiger partial charge is 0.573 e. The lowest BCUT2D eigenvalue weighted by molar-refractivity contribution is -0.274. The summed E-state index contributed by atoms with van der Waals surface area (Å²) in [5.41, 5.74) is 1.05. The van der Waals surface area contributed by atoms with E-state index in [1.54, 1.807) is 12.1 Å². The van der Waals surface area contributed by atoms with Gasteiger partial charge in [-0.1, -0.05) is 45.9 Å². The van der Waals surface area contributed by atoms with Crippen LogP contribution < -0.4 is 10.1 Å². The van der Waals surface area contributed by atoms with Gasteiger partial charge in [0, 0.05) is 12.1 Å². The molecule has 0 atom stereocenters. The smallest absolute Gasteiger partial charge is 0.405 e. The summed E-state index contributed by atoms with van der Waals surface area (Å²) in [5, 5.41) is 3.25. The molecule has 1 aliphatic rings. The molecule has 2 rings (SSSR count). The minimum Gasteiger partial charge on any atom is -0.405 e. The molecular weight excluding hydrogens is 279 g/mol. The average molecular weight is 301 g/mol. The number of ether oxygens (including phenoxy) is 1. The number of hydrogen-bond donors (Lipinski definition) is 1. The first kappa shape index (κ1) is 16.1. The molecule has 0 heterocycles. The van der Waals surface area contributed by atoms with Crippen LogP contribution in [0.5, 0.6) is 5.75 Å². The molecule has 0 amide bonds. The normalized spacial score (nSPS) is 20.3. The summed E-state index contributed by atoms with van der Waals surface area (Å²) >= 11 is 0. The summed E-state index contributed by atoms with van der Waals surface area (Å²) in [6, 6.07) is 6.25. The van der Waals surface area contributed by atoms with Crippen LogP contribution in [0.15, 0.2) is 24.3 Å². The highest BCUT2D eigenvalue weighted by Gasteiger charge is 2.63. The van der Waals surface area contributed by atoms with Crippen molar-refractivity contribution in [1.29, 1.82) is 0 Å². The summed E-state index contributed by atoms with van der Waals surface area (Å²) in [6.45, 7) is 10.1. The van der Waals surface area contributed by atoms with Crippen molar-refractivity contribution in [2.24, 2.45) is 16.7 Å². The van der Waals surface area contributed by atoms with Crippen LogP contribution in [0, 0.1) is 16.7 Å². The SMILES string of the molecule is CC1(C)C(CNCc2ccccc2OC(F)(F)F)C1(C)C. The van der Waals surface area contributed by atoms with E-state index < -0.39 is 6.36 Å². The Labute approximate surface area is 123 Å². The van der Waals surface area contributed by atoms with Gasteiger partial charge in [0.25, 0.3) is 0 Å². The molecule has 1 fully saturated rings. The van der Waals surface area contributed by atoms with E-state index in [-0.39, 0.29) is 16.6 Å². The highest BCUT2D eigenvalue weighted by Crippen LogP contribution is 2.67. The molecule has 1 aromatic carbocycles. The molecule has 5 heteroatoms. The number of rotatable bonds is 5. The molecule has 0 spiro atoms. The van der Waals surface area contributed by atoms with Gasteiger partial charge in [-0.2, -0.15) is 0 Å². The maximum atomic E-state index is 12.3. The van der Waals surface area contributed by atoms with Crippen molar-refractivity contribution in [2.45, 2.75) is 40.6 Å². The molecule has 0 saturated heterocycles. The molecule has 0 aromatic heterocycles. The van der Waals surface area contributed by atoms with E-state index in [1.807, 2.05) is 0 Å². The van der Waals surface area contributed by atoms with Gasteiger partial charge in [0.2, 0.25) is 0 Å². The Bertz CT molecular complexity index is 494. The van der Waals surface area contributed by atoms with Crippen LogP contribution in [0.1, 0.15) is 33.3 Å². The molecule has 2 nitrogen and oxygen atoms in total. The first-order valence-corrected chi connectivity index (χ1v) is 7.10. The highest BCUT2D eigenvalue weighted by atomic mass is 19.4. The van der Waals surface area contributed by atoms with E-state index in [4.69, 9.17) is 0 Å². The van der Waals surface area contributed by atoms with Gasteiger partial charge >= 0.3 is 6.36 Å². The number of para-hydroxylation sites is 1. The third-order valence-electron chi connectivity index (χ3n) is 5.18. The molecule has 1 N–H and O–H groups in total. The monoisotopic (exact) mass is 301 g/mol. The molecule has 1 aliphatic carbocycles. The van der Waals surface area contributed by atoms with Crippen LogP contribution in [0.25, 0.3) is 0 Å². The average Bonchev–Trinajstić information content (AvgIpc) is 2.71. The van der Waals surface area contributed by atoms with E-state index in [0.717, 1.165) is 6.54 Å². The first-order valence-electron chi connectivity index (χ1n) is 7.10. The fourth-order valence-electron chi connectivity index (χ4n) is 3.07. The number of alkyl halides is 3. The minimum absolute atomic E-state index is 0.133. The number of benzene rings is 1. The van der Waals surface area contributed by atoms with Gasteiger partial charge in [-0.05, 0) is 29.4 Å². The molecule has 1 saturated carbocycles. The second-order valence-corrected chi connectivity index (χ2v) is 6.78. The van der Waals surface area contributed by atoms with Crippen LogP contribution in [0.2, 0.25) is 0 Å². The van der Waals surface area contributed by atoms with Crippen molar-refractivity contribution in [3.63, 3.8) is 0 Å². The van der Waals surface area contributed by atoms with E-state index in [9.17, 15) is 13.2 Å². The lowest BCUT2D eigenvalue weighted by atomic mass is 10.0. The quantitative estimate of drug-likeness (QED) is 0.872. The van der Waals surface area contributed by atoms with E-state index in [1.165, 1.54) is 12.1 Å².